The van der Waals surface area contributed by atoms with Crippen LogP contribution in [0.4, 0.5) is 10.1 Å². The zero-order valence-corrected chi connectivity index (χ0v) is 10.5. The van der Waals surface area contributed by atoms with E-state index in [1.807, 2.05) is 0 Å². The summed E-state index contributed by atoms with van der Waals surface area (Å²) in [6.07, 6.45) is 1.66. The summed E-state index contributed by atoms with van der Waals surface area (Å²) in [5.74, 6) is -0.569. The molecule has 0 spiro atoms. The monoisotopic (exact) mass is 262 g/mol. The van der Waals surface area contributed by atoms with Gasteiger partial charge in [-0.2, -0.15) is 0 Å². The van der Waals surface area contributed by atoms with E-state index in [2.05, 4.69) is 4.98 Å². The van der Waals surface area contributed by atoms with Gasteiger partial charge in [0, 0.05) is 18.9 Å². The fraction of sp³-hybridized carbons (Fsp3) is 0.0769. The van der Waals surface area contributed by atoms with Crippen LogP contribution in [0, 0.1) is 10.5 Å². The molecule has 92 valence electrons. The van der Waals surface area contributed by atoms with Crippen LogP contribution < -0.4 is 4.90 Å². The van der Waals surface area contributed by atoms with E-state index in [1.165, 1.54) is 17.0 Å². The third kappa shape index (κ3) is 2.46. The first kappa shape index (κ1) is 12.4. The van der Waals surface area contributed by atoms with Gasteiger partial charge in [-0.1, -0.05) is 12.2 Å². The van der Waals surface area contributed by atoms with Crippen LogP contribution in [0.3, 0.4) is 0 Å². The fourth-order valence-electron chi connectivity index (χ4n) is 1.55. The molecule has 0 aliphatic heterocycles. The summed E-state index contributed by atoms with van der Waals surface area (Å²) in [6.45, 7) is 0. The number of hydrogen-bond donors (Lipinski definition) is 1. The summed E-state index contributed by atoms with van der Waals surface area (Å²) in [5, 5.41) is 0. The number of pyridine rings is 1. The first-order valence-corrected chi connectivity index (χ1v) is 5.72. The summed E-state index contributed by atoms with van der Waals surface area (Å²) >= 11 is 5.06. The Morgan fingerprint density at radius 1 is 1.28 bits per heavy atom. The molecule has 2 rings (SSSR count). The molecule has 1 aromatic carbocycles. The molecule has 0 saturated carbocycles. The zero-order valence-electron chi connectivity index (χ0n) is 9.68. The number of benzene rings is 1. The standard InChI is InChI=1S/C13H11FN2OS/c1-16(10-6-4-9(14)5-7-10)13(17)11-3-2-8-15-12(11)18/h2-8H,1H3,(H,15,18). The average Bonchev–Trinajstić information content (AvgIpc) is 2.38. The van der Waals surface area contributed by atoms with Crippen LogP contribution in [-0.2, 0) is 0 Å². The van der Waals surface area contributed by atoms with Crippen LogP contribution in [0.5, 0.6) is 0 Å². The molecule has 0 aliphatic carbocycles. The number of nitrogens with zero attached hydrogens (tertiary/aromatic N) is 1. The maximum absolute atomic E-state index is 12.8. The minimum Gasteiger partial charge on any atom is -0.352 e. The number of carbonyl (C=O) groups is 1. The Bertz CT molecular complexity index is 621. The van der Waals surface area contributed by atoms with Gasteiger partial charge in [-0.15, -0.1) is 0 Å². The maximum Gasteiger partial charge on any atom is 0.261 e. The number of aromatic amines is 1. The van der Waals surface area contributed by atoms with Gasteiger partial charge in [0.15, 0.2) is 0 Å². The second-order valence-electron chi connectivity index (χ2n) is 3.75. The van der Waals surface area contributed by atoms with Gasteiger partial charge in [0.1, 0.15) is 10.5 Å². The van der Waals surface area contributed by atoms with Crippen molar-refractivity contribution in [2.75, 3.05) is 11.9 Å². The van der Waals surface area contributed by atoms with Crippen molar-refractivity contribution in [1.82, 2.24) is 4.98 Å². The predicted octanol–water partition coefficient (Wildman–Crippen LogP) is 3.16. The Morgan fingerprint density at radius 2 is 1.94 bits per heavy atom. The van der Waals surface area contributed by atoms with Gasteiger partial charge in [0.05, 0.1) is 5.56 Å². The van der Waals surface area contributed by atoms with Crippen molar-refractivity contribution in [3.63, 3.8) is 0 Å². The summed E-state index contributed by atoms with van der Waals surface area (Å²) in [4.78, 5) is 16.4. The predicted molar refractivity (Wildman–Crippen MR) is 70.8 cm³/mol. The number of carbonyl (C=O) groups excluding carboxylic acids is 1. The van der Waals surface area contributed by atoms with E-state index >= 15 is 0 Å². The van der Waals surface area contributed by atoms with Crippen LogP contribution in [0.15, 0.2) is 42.6 Å². The molecule has 0 fully saturated rings. The number of anilines is 1. The van der Waals surface area contributed by atoms with Gasteiger partial charge < -0.3 is 9.88 Å². The van der Waals surface area contributed by atoms with Gasteiger partial charge in [-0.05, 0) is 36.4 Å². The van der Waals surface area contributed by atoms with Crippen LogP contribution in [0.1, 0.15) is 10.4 Å². The Balaban J connectivity index is 2.32. The van der Waals surface area contributed by atoms with Gasteiger partial charge >= 0.3 is 0 Å². The molecule has 1 amide bonds. The summed E-state index contributed by atoms with van der Waals surface area (Å²) in [7, 11) is 1.62. The normalized spacial score (nSPS) is 10.1. The first-order valence-electron chi connectivity index (χ1n) is 5.31. The molecule has 0 radical (unpaired) electrons. The quantitative estimate of drug-likeness (QED) is 0.844. The topological polar surface area (TPSA) is 36.1 Å². The molecular formula is C13H11FN2OS. The molecule has 1 N–H and O–H groups in total. The molecule has 18 heavy (non-hydrogen) atoms. The number of nitrogens with one attached hydrogen (secondary N) is 1. The van der Waals surface area contributed by atoms with Crippen LogP contribution in [-0.4, -0.2) is 17.9 Å². The molecule has 0 bridgehead atoms. The smallest absolute Gasteiger partial charge is 0.261 e. The van der Waals surface area contributed by atoms with E-state index in [0.29, 0.717) is 15.9 Å². The molecule has 2 aromatic rings. The lowest BCUT2D eigenvalue weighted by Crippen LogP contribution is -2.26. The molecule has 0 atom stereocenters. The van der Waals surface area contributed by atoms with Gasteiger partial charge in [0.25, 0.3) is 5.91 Å². The van der Waals surface area contributed by atoms with Crippen molar-refractivity contribution in [2.24, 2.45) is 0 Å². The van der Waals surface area contributed by atoms with Gasteiger partial charge in [-0.3, -0.25) is 4.79 Å². The molecule has 3 nitrogen and oxygen atoms in total. The number of halogens is 1. The summed E-state index contributed by atoms with van der Waals surface area (Å²) in [6, 6.07) is 9.07. The van der Waals surface area contributed by atoms with E-state index in [-0.39, 0.29) is 11.7 Å². The number of hydrogen-bond acceptors (Lipinski definition) is 2. The molecular weight excluding hydrogens is 251 g/mol. The van der Waals surface area contributed by atoms with E-state index in [4.69, 9.17) is 12.2 Å². The number of aromatic nitrogens is 1. The highest BCUT2D eigenvalue weighted by Gasteiger charge is 2.14. The van der Waals surface area contributed by atoms with Crippen molar-refractivity contribution in [2.45, 2.75) is 0 Å². The zero-order chi connectivity index (χ0) is 13.1. The van der Waals surface area contributed by atoms with Crippen molar-refractivity contribution >= 4 is 23.8 Å². The lowest BCUT2D eigenvalue weighted by molar-refractivity contribution is 0.0992. The van der Waals surface area contributed by atoms with Crippen molar-refractivity contribution in [1.29, 1.82) is 0 Å². The SMILES string of the molecule is CN(C(=O)c1ccc[nH]c1=S)c1ccc(F)cc1. The number of rotatable bonds is 2. The van der Waals surface area contributed by atoms with E-state index in [1.54, 1.807) is 37.5 Å². The lowest BCUT2D eigenvalue weighted by atomic mass is 10.2. The van der Waals surface area contributed by atoms with Crippen LogP contribution in [0.25, 0.3) is 0 Å². The lowest BCUT2D eigenvalue weighted by Gasteiger charge is -2.17. The Morgan fingerprint density at radius 3 is 2.56 bits per heavy atom. The third-order valence-electron chi connectivity index (χ3n) is 2.57. The highest BCUT2D eigenvalue weighted by Crippen LogP contribution is 2.16. The van der Waals surface area contributed by atoms with E-state index in [9.17, 15) is 9.18 Å². The van der Waals surface area contributed by atoms with Gasteiger partial charge in [-0.25, -0.2) is 4.39 Å². The minimum atomic E-state index is -0.336. The highest BCUT2D eigenvalue weighted by molar-refractivity contribution is 7.71. The molecule has 1 heterocycles. The Labute approximate surface area is 109 Å². The van der Waals surface area contributed by atoms with Crippen molar-refractivity contribution in [3.05, 3.63) is 58.6 Å². The maximum atomic E-state index is 12.8. The van der Waals surface area contributed by atoms with Crippen LogP contribution in [0.2, 0.25) is 0 Å². The van der Waals surface area contributed by atoms with Crippen LogP contribution >= 0.6 is 12.2 Å². The van der Waals surface area contributed by atoms with Crippen molar-refractivity contribution < 1.29 is 9.18 Å². The number of amides is 1. The fourth-order valence-corrected chi connectivity index (χ4v) is 1.78. The average molecular weight is 262 g/mol. The largest absolute Gasteiger partial charge is 0.352 e. The molecule has 5 heteroatoms. The Hall–Kier alpha value is -2.01. The number of H-pyrrole nitrogens is 1. The molecule has 0 unspecified atom stereocenters. The van der Waals surface area contributed by atoms with Crippen molar-refractivity contribution in [3.8, 4) is 0 Å². The van der Waals surface area contributed by atoms with E-state index < -0.39 is 0 Å². The second-order valence-corrected chi connectivity index (χ2v) is 4.16. The summed E-state index contributed by atoms with van der Waals surface area (Å²) < 4.78 is 13.2. The Kier molecular flexibility index (Phi) is 3.53. The molecule has 0 saturated heterocycles. The first-order chi connectivity index (χ1) is 8.59. The molecule has 1 aromatic heterocycles. The third-order valence-corrected chi connectivity index (χ3v) is 2.90. The highest BCUT2D eigenvalue weighted by atomic mass is 32.1. The minimum absolute atomic E-state index is 0.233. The molecule has 0 aliphatic rings. The van der Waals surface area contributed by atoms with E-state index in [0.717, 1.165) is 0 Å². The summed E-state index contributed by atoms with van der Waals surface area (Å²) in [5.41, 5.74) is 1.03. The van der Waals surface area contributed by atoms with Gasteiger partial charge in [0.2, 0.25) is 0 Å². The second kappa shape index (κ2) is 5.10.